The average molecular weight is 328 g/mol. The Hall–Kier alpha value is -0.740. The molecule has 1 fully saturated rings. The Morgan fingerprint density at radius 3 is 2.89 bits per heavy atom. The van der Waals surface area contributed by atoms with Crippen LogP contribution >= 0.6 is 15.9 Å². The number of ketones is 1. The lowest BCUT2D eigenvalue weighted by Gasteiger charge is -2.27. The van der Waals surface area contributed by atoms with Crippen molar-refractivity contribution in [2.45, 2.75) is 44.6 Å². The molecule has 1 N–H and O–H groups in total. The summed E-state index contributed by atoms with van der Waals surface area (Å²) in [6.45, 7) is 3.02. The molecule has 1 aliphatic heterocycles. The first-order chi connectivity index (χ1) is 9.07. The van der Waals surface area contributed by atoms with E-state index in [9.17, 15) is 9.18 Å². The molecule has 1 heterocycles. The summed E-state index contributed by atoms with van der Waals surface area (Å²) in [5.74, 6) is -0.0659. The molecule has 1 aliphatic rings. The highest BCUT2D eigenvalue weighted by molar-refractivity contribution is 9.10. The fourth-order valence-electron chi connectivity index (χ4n) is 2.83. The van der Waals surface area contributed by atoms with E-state index in [1.165, 1.54) is 6.07 Å². The van der Waals surface area contributed by atoms with Crippen LogP contribution in [-0.4, -0.2) is 17.9 Å². The van der Waals surface area contributed by atoms with Crippen LogP contribution in [0.3, 0.4) is 0 Å². The van der Waals surface area contributed by atoms with Crippen molar-refractivity contribution in [3.8, 4) is 0 Å². The Morgan fingerprint density at radius 2 is 2.32 bits per heavy atom. The fraction of sp³-hybridized carbons (Fsp3) is 0.533. The van der Waals surface area contributed by atoms with Crippen molar-refractivity contribution in [3.63, 3.8) is 0 Å². The Bertz CT molecular complexity index is 469. The third kappa shape index (κ3) is 3.23. The molecule has 1 aromatic carbocycles. The van der Waals surface area contributed by atoms with Gasteiger partial charge in [0.05, 0.1) is 10.0 Å². The molecule has 0 aliphatic carbocycles. The Labute approximate surface area is 121 Å². The van der Waals surface area contributed by atoms with E-state index in [0.717, 1.165) is 37.8 Å². The summed E-state index contributed by atoms with van der Waals surface area (Å²) in [5, 5.41) is 3.38. The monoisotopic (exact) mass is 327 g/mol. The van der Waals surface area contributed by atoms with E-state index >= 15 is 0 Å². The summed E-state index contributed by atoms with van der Waals surface area (Å²) in [7, 11) is 0. The van der Waals surface area contributed by atoms with Gasteiger partial charge in [0.15, 0.2) is 5.78 Å². The number of carbonyl (C=O) groups excluding carboxylic acids is 1. The number of halogens is 2. The zero-order valence-electron chi connectivity index (χ0n) is 11.1. The quantitative estimate of drug-likeness (QED) is 0.894. The summed E-state index contributed by atoms with van der Waals surface area (Å²) in [4.78, 5) is 12.6. The second-order valence-corrected chi connectivity index (χ2v) is 6.07. The number of benzene rings is 1. The maximum absolute atomic E-state index is 13.2. The van der Waals surface area contributed by atoms with E-state index in [4.69, 9.17) is 0 Å². The summed E-state index contributed by atoms with van der Waals surface area (Å²) >= 11 is 3.16. The van der Waals surface area contributed by atoms with Crippen molar-refractivity contribution in [1.82, 2.24) is 5.32 Å². The topological polar surface area (TPSA) is 29.1 Å². The highest BCUT2D eigenvalue weighted by Gasteiger charge is 2.39. The van der Waals surface area contributed by atoms with Gasteiger partial charge in [0.2, 0.25) is 0 Å². The van der Waals surface area contributed by atoms with Crippen LogP contribution < -0.4 is 5.32 Å². The fourth-order valence-corrected chi connectivity index (χ4v) is 3.25. The molecule has 1 atom stereocenters. The second kappa shape index (κ2) is 6.14. The molecule has 19 heavy (non-hydrogen) atoms. The molecule has 0 aromatic heterocycles. The molecule has 0 saturated carbocycles. The van der Waals surface area contributed by atoms with Crippen molar-refractivity contribution < 1.29 is 9.18 Å². The second-order valence-electron chi connectivity index (χ2n) is 5.21. The van der Waals surface area contributed by atoms with Crippen LogP contribution in [-0.2, 0) is 11.2 Å². The van der Waals surface area contributed by atoms with Gasteiger partial charge in [-0.25, -0.2) is 4.39 Å². The Morgan fingerprint density at radius 1 is 1.53 bits per heavy atom. The summed E-state index contributed by atoms with van der Waals surface area (Å²) in [5.41, 5.74) is 0.512. The maximum Gasteiger partial charge on any atom is 0.157 e. The van der Waals surface area contributed by atoms with Crippen LogP contribution in [0.2, 0.25) is 0 Å². The van der Waals surface area contributed by atoms with Crippen LogP contribution in [0, 0.1) is 5.82 Å². The molecule has 2 nitrogen and oxygen atoms in total. The Kier molecular flexibility index (Phi) is 4.74. The van der Waals surface area contributed by atoms with Crippen LogP contribution in [0.25, 0.3) is 0 Å². The third-order valence-corrected chi connectivity index (χ3v) is 4.41. The Balaban J connectivity index is 2.12. The zero-order valence-corrected chi connectivity index (χ0v) is 12.7. The lowest BCUT2D eigenvalue weighted by atomic mass is 9.84. The summed E-state index contributed by atoms with van der Waals surface area (Å²) < 4.78 is 13.6. The third-order valence-electron chi connectivity index (χ3n) is 3.80. The van der Waals surface area contributed by atoms with Gasteiger partial charge >= 0.3 is 0 Å². The van der Waals surface area contributed by atoms with Crippen molar-refractivity contribution >= 4 is 21.7 Å². The van der Waals surface area contributed by atoms with E-state index in [1.54, 1.807) is 12.1 Å². The molecule has 104 valence electrons. The van der Waals surface area contributed by atoms with Gasteiger partial charge in [-0.2, -0.15) is 0 Å². The molecule has 0 amide bonds. The van der Waals surface area contributed by atoms with E-state index in [0.29, 0.717) is 10.9 Å². The first-order valence-electron chi connectivity index (χ1n) is 6.79. The molecule has 0 radical (unpaired) electrons. The zero-order chi connectivity index (χ0) is 13.9. The van der Waals surface area contributed by atoms with Gasteiger partial charge in [-0.1, -0.05) is 19.4 Å². The van der Waals surface area contributed by atoms with E-state index in [2.05, 4.69) is 28.2 Å². The molecule has 2 rings (SSSR count). The van der Waals surface area contributed by atoms with Crippen LogP contribution in [0.1, 0.15) is 38.2 Å². The summed E-state index contributed by atoms with van der Waals surface area (Å²) in [6.07, 6.45) is 4.22. The van der Waals surface area contributed by atoms with Crippen molar-refractivity contribution in [2.75, 3.05) is 6.54 Å². The predicted molar refractivity (Wildman–Crippen MR) is 77.7 cm³/mol. The summed E-state index contributed by atoms with van der Waals surface area (Å²) in [6, 6.07) is 4.79. The SMILES string of the molecule is CCCC1(C(=O)Cc2ccc(F)c(Br)c2)CCCN1. The standard InChI is InChI=1S/C15H19BrFNO/c1-2-6-15(7-3-8-18-15)14(19)10-11-4-5-13(17)12(16)9-11/h4-5,9,18H,2-3,6-8,10H2,1H3. The van der Waals surface area contributed by atoms with E-state index in [-0.39, 0.29) is 17.1 Å². The highest BCUT2D eigenvalue weighted by Crippen LogP contribution is 2.28. The molecule has 1 saturated heterocycles. The number of nitrogens with one attached hydrogen (secondary N) is 1. The normalized spacial score (nSPS) is 22.7. The van der Waals surface area contributed by atoms with Crippen LogP contribution in [0.5, 0.6) is 0 Å². The molecule has 0 spiro atoms. The lowest BCUT2D eigenvalue weighted by Crippen LogP contribution is -2.48. The highest BCUT2D eigenvalue weighted by atomic mass is 79.9. The minimum atomic E-state index is -0.352. The first kappa shape index (κ1) is 14.7. The molecular formula is C15H19BrFNO. The minimum Gasteiger partial charge on any atom is -0.305 e. The van der Waals surface area contributed by atoms with Crippen LogP contribution in [0.15, 0.2) is 22.7 Å². The molecule has 1 aromatic rings. The molecule has 1 unspecified atom stereocenters. The molecule has 4 heteroatoms. The number of carbonyl (C=O) groups is 1. The predicted octanol–water partition coefficient (Wildman–Crippen LogP) is 3.62. The molecule has 0 bridgehead atoms. The van der Waals surface area contributed by atoms with Crippen molar-refractivity contribution in [3.05, 3.63) is 34.1 Å². The van der Waals surface area contributed by atoms with Gasteiger partial charge in [0, 0.05) is 6.42 Å². The van der Waals surface area contributed by atoms with Gasteiger partial charge in [-0.05, 0) is 59.4 Å². The smallest absolute Gasteiger partial charge is 0.157 e. The lowest BCUT2D eigenvalue weighted by molar-refractivity contribution is -0.124. The van der Waals surface area contributed by atoms with Crippen molar-refractivity contribution in [1.29, 1.82) is 0 Å². The van der Waals surface area contributed by atoms with Gasteiger partial charge in [0.25, 0.3) is 0 Å². The largest absolute Gasteiger partial charge is 0.305 e. The molecular weight excluding hydrogens is 309 g/mol. The van der Waals surface area contributed by atoms with Gasteiger partial charge in [0.1, 0.15) is 5.82 Å². The maximum atomic E-state index is 13.2. The number of hydrogen-bond acceptors (Lipinski definition) is 2. The van der Waals surface area contributed by atoms with Crippen LogP contribution in [0.4, 0.5) is 4.39 Å². The van der Waals surface area contributed by atoms with Gasteiger partial charge in [-0.15, -0.1) is 0 Å². The van der Waals surface area contributed by atoms with E-state index < -0.39 is 0 Å². The number of rotatable bonds is 5. The number of hydrogen-bond donors (Lipinski definition) is 1. The van der Waals surface area contributed by atoms with E-state index in [1.807, 2.05) is 0 Å². The number of Topliss-reactive ketones (excluding diaryl/α,β-unsaturated/α-hetero) is 1. The first-order valence-corrected chi connectivity index (χ1v) is 7.59. The van der Waals surface area contributed by atoms with Gasteiger partial charge in [-0.3, -0.25) is 4.79 Å². The average Bonchev–Trinajstić information content (AvgIpc) is 2.84. The van der Waals surface area contributed by atoms with Gasteiger partial charge < -0.3 is 5.32 Å². The van der Waals surface area contributed by atoms with Crippen molar-refractivity contribution in [2.24, 2.45) is 0 Å². The minimum absolute atomic E-state index is 0.227.